The fourth-order valence-electron chi connectivity index (χ4n) is 2.49. The second kappa shape index (κ2) is 6.83. The van der Waals surface area contributed by atoms with E-state index >= 15 is 0 Å². The van der Waals surface area contributed by atoms with Crippen LogP contribution in [0.5, 0.6) is 5.75 Å². The van der Waals surface area contributed by atoms with Crippen molar-refractivity contribution in [3.8, 4) is 5.75 Å². The Bertz CT molecular complexity index is 964. The first-order valence-electron chi connectivity index (χ1n) is 8.32. The van der Waals surface area contributed by atoms with Crippen molar-refractivity contribution in [2.75, 3.05) is 17.2 Å². The molecule has 0 aliphatic heterocycles. The monoisotopic (exact) mass is 351 g/mol. The van der Waals surface area contributed by atoms with Gasteiger partial charge in [-0.2, -0.15) is 0 Å². The van der Waals surface area contributed by atoms with Gasteiger partial charge in [-0.3, -0.25) is 19.3 Å². The van der Waals surface area contributed by atoms with E-state index < -0.39 is 0 Å². The molecule has 0 saturated heterocycles. The lowest BCUT2D eigenvalue weighted by Crippen LogP contribution is -2.21. The number of amides is 2. The minimum absolute atomic E-state index is 0.0265. The number of hydrogen-bond acceptors (Lipinski definition) is 5. The molecule has 26 heavy (non-hydrogen) atoms. The first kappa shape index (κ1) is 16.1. The maximum absolute atomic E-state index is 12.1. The van der Waals surface area contributed by atoms with Crippen LogP contribution >= 0.6 is 0 Å². The summed E-state index contributed by atoms with van der Waals surface area (Å²) < 4.78 is 7.18. The highest BCUT2D eigenvalue weighted by Crippen LogP contribution is 2.30. The van der Waals surface area contributed by atoms with E-state index in [0.29, 0.717) is 23.0 Å². The molecule has 2 aromatic heterocycles. The van der Waals surface area contributed by atoms with E-state index in [9.17, 15) is 9.59 Å². The quantitative estimate of drug-likeness (QED) is 0.709. The molecule has 1 aliphatic rings. The third-order valence-corrected chi connectivity index (χ3v) is 3.98. The van der Waals surface area contributed by atoms with Crippen molar-refractivity contribution in [3.63, 3.8) is 0 Å². The zero-order valence-electron chi connectivity index (χ0n) is 13.9. The van der Waals surface area contributed by atoms with Crippen LogP contribution < -0.4 is 15.4 Å². The average molecular weight is 351 g/mol. The third-order valence-electron chi connectivity index (χ3n) is 3.98. The Morgan fingerprint density at radius 1 is 1.12 bits per heavy atom. The molecule has 3 aromatic rings. The van der Waals surface area contributed by atoms with Crippen molar-refractivity contribution < 1.29 is 14.3 Å². The SMILES string of the molecule is O=C(COc1cccc(NC(=O)C2CC2)c1)Nc1nnc2ccccn12. The van der Waals surface area contributed by atoms with E-state index in [-0.39, 0.29) is 24.3 Å². The van der Waals surface area contributed by atoms with Crippen LogP contribution in [0.15, 0.2) is 48.7 Å². The molecule has 0 spiro atoms. The molecule has 0 unspecified atom stereocenters. The predicted octanol–water partition coefficient (Wildman–Crippen LogP) is 2.10. The molecule has 4 rings (SSSR count). The molecule has 1 saturated carbocycles. The van der Waals surface area contributed by atoms with Gasteiger partial charge in [0.25, 0.3) is 5.91 Å². The van der Waals surface area contributed by atoms with Gasteiger partial charge in [0, 0.05) is 23.9 Å². The maximum Gasteiger partial charge on any atom is 0.264 e. The topological polar surface area (TPSA) is 97.6 Å². The Morgan fingerprint density at radius 2 is 2.00 bits per heavy atom. The van der Waals surface area contributed by atoms with Gasteiger partial charge in [-0.1, -0.05) is 12.1 Å². The molecule has 1 aromatic carbocycles. The number of anilines is 2. The normalized spacial score (nSPS) is 13.4. The average Bonchev–Trinajstić information content (AvgIpc) is 3.43. The lowest BCUT2D eigenvalue weighted by molar-refractivity contribution is -0.118. The van der Waals surface area contributed by atoms with E-state index in [0.717, 1.165) is 12.8 Å². The predicted molar refractivity (Wildman–Crippen MR) is 94.9 cm³/mol. The van der Waals surface area contributed by atoms with Crippen molar-refractivity contribution in [2.45, 2.75) is 12.8 Å². The smallest absolute Gasteiger partial charge is 0.264 e. The lowest BCUT2D eigenvalue weighted by atomic mass is 10.3. The molecule has 0 bridgehead atoms. The molecule has 8 nitrogen and oxygen atoms in total. The summed E-state index contributed by atoms with van der Waals surface area (Å²) in [4.78, 5) is 23.9. The Balaban J connectivity index is 1.34. The summed E-state index contributed by atoms with van der Waals surface area (Å²) in [6.07, 6.45) is 3.65. The zero-order chi connectivity index (χ0) is 17.9. The van der Waals surface area contributed by atoms with Crippen LogP contribution in [0.2, 0.25) is 0 Å². The first-order valence-corrected chi connectivity index (χ1v) is 8.32. The first-order chi connectivity index (χ1) is 12.7. The van der Waals surface area contributed by atoms with Gasteiger partial charge in [0.05, 0.1) is 0 Å². The van der Waals surface area contributed by atoms with E-state index in [1.807, 2.05) is 12.1 Å². The number of pyridine rings is 1. The molecule has 2 N–H and O–H groups in total. The number of benzene rings is 1. The van der Waals surface area contributed by atoms with E-state index in [4.69, 9.17) is 4.74 Å². The fraction of sp³-hybridized carbons (Fsp3) is 0.222. The summed E-state index contributed by atoms with van der Waals surface area (Å²) in [5, 5.41) is 13.4. The van der Waals surface area contributed by atoms with Crippen LogP contribution in [-0.2, 0) is 9.59 Å². The minimum Gasteiger partial charge on any atom is -0.484 e. The van der Waals surface area contributed by atoms with Crippen LogP contribution in [0.4, 0.5) is 11.6 Å². The Labute approximate surface area is 149 Å². The molecule has 2 heterocycles. The van der Waals surface area contributed by atoms with Crippen molar-refractivity contribution in [1.82, 2.24) is 14.6 Å². The van der Waals surface area contributed by atoms with Crippen LogP contribution in [0.1, 0.15) is 12.8 Å². The Hall–Kier alpha value is -3.42. The molecule has 0 atom stereocenters. The summed E-state index contributed by atoms with van der Waals surface area (Å²) in [6.45, 7) is -0.179. The van der Waals surface area contributed by atoms with E-state index in [1.165, 1.54) is 0 Å². The highest BCUT2D eigenvalue weighted by atomic mass is 16.5. The van der Waals surface area contributed by atoms with Crippen molar-refractivity contribution in [1.29, 1.82) is 0 Å². The number of hydrogen-bond donors (Lipinski definition) is 2. The largest absolute Gasteiger partial charge is 0.484 e. The number of ether oxygens (including phenoxy) is 1. The summed E-state index contributed by atoms with van der Waals surface area (Å²) >= 11 is 0. The lowest BCUT2D eigenvalue weighted by Gasteiger charge is -2.09. The van der Waals surface area contributed by atoms with Gasteiger partial charge in [0.15, 0.2) is 12.3 Å². The summed E-state index contributed by atoms with van der Waals surface area (Å²) in [5.41, 5.74) is 1.30. The summed E-state index contributed by atoms with van der Waals surface area (Å²) in [7, 11) is 0. The van der Waals surface area contributed by atoms with Gasteiger partial charge in [-0.05, 0) is 37.1 Å². The molecule has 132 valence electrons. The molecule has 1 aliphatic carbocycles. The standard InChI is InChI=1S/C18H17N5O3/c24-16(20-18-22-21-15-6-1-2-9-23(15)18)11-26-14-5-3-4-13(10-14)19-17(25)12-7-8-12/h1-6,9-10,12H,7-8,11H2,(H,19,25)(H,20,22,24). The molecule has 8 heteroatoms. The maximum atomic E-state index is 12.1. The number of aromatic nitrogens is 3. The number of nitrogens with one attached hydrogen (secondary N) is 2. The van der Waals surface area contributed by atoms with Crippen molar-refractivity contribution in [3.05, 3.63) is 48.7 Å². The van der Waals surface area contributed by atoms with Crippen LogP contribution in [-0.4, -0.2) is 33.0 Å². The van der Waals surface area contributed by atoms with Crippen LogP contribution in [0.25, 0.3) is 5.65 Å². The Morgan fingerprint density at radius 3 is 2.85 bits per heavy atom. The van der Waals surface area contributed by atoms with Crippen molar-refractivity contribution in [2.24, 2.45) is 5.92 Å². The highest BCUT2D eigenvalue weighted by molar-refractivity contribution is 5.94. The van der Waals surface area contributed by atoms with E-state index in [2.05, 4.69) is 20.8 Å². The number of carbonyl (C=O) groups excluding carboxylic acids is 2. The minimum atomic E-state index is -0.351. The summed E-state index contributed by atoms with van der Waals surface area (Å²) in [5.74, 6) is 0.636. The number of nitrogens with zero attached hydrogens (tertiary/aromatic N) is 3. The van der Waals surface area contributed by atoms with Gasteiger partial charge in [0.1, 0.15) is 5.75 Å². The number of rotatable bonds is 6. The molecule has 2 amide bonds. The zero-order valence-corrected chi connectivity index (χ0v) is 13.9. The van der Waals surface area contributed by atoms with Gasteiger partial charge < -0.3 is 10.1 Å². The Kier molecular flexibility index (Phi) is 4.22. The molecular weight excluding hydrogens is 334 g/mol. The number of fused-ring (bicyclic) bond motifs is 1. The van der Waals surface area contributed by atoms with Gasteiger partial charge in [-0.15, -0.1) is 10.2 Å². The molecule has 0 radical (unpaired) electrons. The van der Waals surface area contributed by atoms with Crippen molar-refractivity contribution >= 4 is 29.1 Å². The van der Waals surface area contributed by atoms with Gasteiger partial charge in [0.2, 0.25) is 11.9 Å². The van der Waals surface area contributed by atoms with E-state index in [1.54, 1.807) is 40.9 Å². The van der Waals surface area contributed by atoms with Gasteiger partial charge in [-0.25, -0.2) is 0 Å². The number of carbonyl (C=O) groups is 2. The molecular formula is C18H17N5O3. The fourth-order valence-corrected chi connectivity index (χ4v) is 2.49. The van der Waals surface area contributed by atoms with Crippen LogP contribution in [0.3, 0.4) is 0 Å². The second-order valence-electron chi connectivity index (χ2n) is 6.08. The summed E-state index contributed by atoms with van der Waals surface area (Å²) in [6, 6.07) is 12.4. The second-order valence-corrected chi connectivity index (χ2v) is 6.08. The van der Waals surface area contributed by atoms with Crippen LogP contribution in [0, 0.1) is 5.92 Å². The highest BCUT2D eigenvalue weighted by Gasteiger charge is 2.29. The van der Waals surface area contributed by atoms with Gasteiger partial charge >= 0.3 is 0 Å². The molecule has 1 fully saturated rings. The third kappa shape index (κ3) is 3.64.